The molecule has 1 heterocycles. The van der Waals surface area contributed by atoms with Crippen LogP contribution in [-0.2, 0) is 0 Å². The van der Waals surface area contributed by atoms with Gasteiger partial charge in [0.25, 0.3) is 6.43 Å². The highest BCUT2D eigenvalue weighted by Crippen LogP contribution is 2.28. The summed E-state index contributed by atoms with van der Waals surface area (Å²) in [7, 11) is 0. The van der Waals surface area contributed by atoms with E-state index in [-0.39, 0.29) is 6.04 Å². The van der Waals surface area contributed by atoms with Crippen molar-refractivity contribution in [3.05, 3.63) is 35.1 Å². The van der Waals surface area contributed by atoms with E-state index in [4.69, 9.17) is 0 Å². The maximum Gasteiger partial charge on any atom is 0.266 e. The van der Waals surface area contributed by atoms with Gasteiger partial charge in [0.15, 0.2) is 0 Å². The van der Waals surface area contributed by atoms with Crippen molar-refractivity contribution in [2.45, 2.75) is 25.3 Å². The Bertz CT molecular complexity index is 346. The lowest BCUT2D eigenvalue weighted by Gasteiger charge is -2.12. The van der Waals surface area contributed by atoms with E-state index in [0.29, 0.717) is 0 Å². The van der Waals surface area contributed by atoms with Crippen LogP contribution in [0.2, 0.25) is 0 Å². The molecule has 0 unspecified atom stereocenters. The van der Waals surface area contributed by atoms with Gasteiger partial charge in [-0.15, -0.1) is 0 Å². The standard InChI is InChI=1S/C11H12F3N/c12-9-4-3-7(6-8(9)11(13)14)10-2-1-5-15-10/h3-4,6,10-11,15H,1-2,5H2/t10-/m0/s1. The number of nitrogens with one attached hydrogen (secondary N) is 1. The predicted molar refractivity (Wildman–Crippen MR) is 51.3 cm³/mol. The molecule has 1 aromatic rings. The molecule has 1 aliphatic heterocycles. The molecule has 0 saturated carbocycles. The SMILES string of the molecule is Fc1ccc([C@@H]2CCCN2)cc1C(F)F. The summed E-state index contributed by atoms with van der Waals surface area (Å²) in [6.45, 7) is 0.895. The lowest BCUT2D eigenvalue weighted by Crippen LogP contribution is -2.13. The maximum absolute atomic E-state index is 13.0. The molecule has 1 fully saturated rings. The summed E-state index contributed by atoms with van der Waals surface area (Å²) in [5.74, 6) is -0.827. The average molecular weight is 215 g/mol. The van der Waals surface area contributed by atoms with Crippen LogP contribution in [0.3, 0.4) is 0 Å². The van der Waals surface area contributed by atoms with Crippen LogP contribution in [0.15, 0.2) is 18.2 Å². The topological polar surface area (TPSA) is 12.0 Å². The Balaban J connectivity index is 2.29. The minimum absolute atomic E-state index is 0.100. The molecule has 4 heteroatoms. The molecule has 0 aromatic heterocycles. The van der Waals surface area contributed by atoms with Crippen molar-refractivity contribution in [1.82, 2.24) is 5.32 Å². The van der Waals surface area contributed by atoms with E-state index in [2.05, 4.69) is 5.32 Å². The zero-order chi connectivity index (χ0) is 10.8. The van der Waals surface area contributed by atoms with Crippen LogP contribution in [0.5, 0.6) is 0 Å². The normalized spacial score (nSPS) is 21.2. The van der Waals surface area contributed by atoms with E-state index in [1.807, 2.05) is 0 Å². The van der Waals surface area contributed by atoms with Crippen molar-refractivity contribution in [2.24, 2.45) is 0 Å². The van der Waals surface area contributed by atoms with Crippen LogP contribution < -0.4 is 5.32 Å². The lowest BCUT2D eigenvalue weighted by atomic mass is 10.0. The van der Waals surface area contributed by atoms with E-state index < -0.39 is 17.8 Å². The quantitative estimate of drug-likeness (QED) is 0.798. The van der Waals surface area contributed by atoms with Gasteiger partial charge in [0.05, 0.1) is 5.56 Å². The molecular formula is C11H12F3N. The third-order valence-corrected chi connectivity index (χ3v) is 2.72. The zero-order valence-corrected chi connectivity index (χ0v) is 8.14. The molecule has 2 rings (SSSR count). The first-order valence-electron chi connectivity index (χ1n) is 4.99. The molecule has 0 spiro atoms. The van der Waals surface area contributed by atoms with Crippen molar-refractivity contribution in [3.63, 3.8) is 0 Å². The van der Waals surface area contributed by atoms with E-state index in [1.165, 1.54) is 6.07 Å². The summed E-state index contributed by atoms with van der Waals surface area (Å²) in [6, 6.07) is 4.06. The number of hydrogen-bond acceptors (Lipinski definition) is 1. The van der Waals surface area contributed by atoms with Crippen LogP contribution in [0.1, 0.15) is 36.4 Å². The molecule has 0 radical (unpaired) electrons. The van der Waals surface area contributed by atoms with Gasteiger partial charge in [0.2, 0.25) is 0 Å². The van der Waals surface area contributed by atoms with Crippen molar-refractivity contribution < 1.29 is 13.2 Å². The largest absolute Gasteiger partial charge is 0.310 e. The van der Waals surface area contributed by atoms with E-state index in [9.17, 15) is 13.2 Å². The number of benzene rings is 1. The van der Waals surface area contributed by atoms with Crippen molar-refractivity contribution in [2.75, 3.05) is 6.54 Å². The summed E-state index contributed by atoms with van der Waals surface area (Å²) in [6.07, 6.45) is -0.785. The van der Waals surface area contributed by atoms with Crippen LogP contribution in [-0.4, -0.2) is 6.54 Å². The summed E-state index contributed by atoms with van der Waals surface area (Å²) in [5, 5.41) is 3.19. The average Bonchev–Trinajstić information content (AvgIpc) is 2.71. The van der Waals surface area contributed by atoms with E-state index in [1.54, 1.807) is 6.07 Å². The Hall–Kier alpha value is -1.03. The second-order valence-electron chi connectivity index (χ2n) is 3.73. The molecule has 1 aromatic carbocycles. The first-order valence-corrected chi connectivity index (χ1v) is 4.99. The first-order chi connectivity index (χ1) is 7.18. The molecule has 1 nitrogen and oxygen atoms in total. The summed E-state index contributed by atoms with van der Waals surface area (Å²) >= 11 is 0. The van der Waals surface area contributed by atoms with Gasteiger partial charge in [0, 0.05) is 6.04 Å². The van der Waals surface area contributed by atoms with Gasteiger partial charge in [-0.25, -0.2) is 13.2 Å². The minimum atomic E-state index is -2.74. The van der Waals surface area contributed by atoms with Gasteiger partial charge < -0.3 is 5.32 Å². The van der Waals surface area contributed by atoms with Gasteiger partial charge in [0.1, 0.15) is 5.82 Å². The monoisotopic (exact) mass is 215 g/mol. The second kappa shape index (κ2) is 4.23. The third-order valence-electron chi connectivity index (χ3n) is 2.72. The Morgan fingerprint density at radius 3 is 2.73 bits per heavy atom. The first kappa shape index (κ1) is 10.5. The zero-order valence-electron chi connectivity index (χ0n) is 8.14. The number of alkyl halides is 2. The van der Waals surface area contributed by atoms with Gasteiger partial charge in [-0.2, -0.15) is 0 Å². The maximum atomic E-state index is 13.0. The molecular weight excluding hydrogens is 203 g/mol. The highest BCUT2D eigenvalue weighted by atomic mass is 19.3. The predicted octanol–water partition coefficient (Wildman–Crippen LogP) is 3.19. The number of halogens is 3. The summed E-state index contributed by atoms with van der Waals surface area (Å²) in [5.41, 5.74) is 0.255. The number of hydrogen-bond donors (Lipinski definition) is 1. The lowest BCUT2D eigenvalue weighted by molar-refractivity contribution is 0.146. The van der Waals surface area contributed by atoms with Gasteiger partial charge in [-0.05, 0) is 37.1 Å². The fraction of sp³-hybridized carbons (Fsp3) is 0.455. The molecule has 0 amide bonds. The molecule has 0 bridgehead atoms. The fourth-order valence-corrected chi connectivity index (χ4v) is 1.92. The van der Waals surface area contributed by atoms with E-state index >= 15 is 0 Å². The van der Waals surface area contributed by atoms with E-state index in [0.717, 1.165) is 31.0 Å². The van der Waals surface area contributed by atoms with Crippen LogP contribution in [0.4, 0.5) is 13.2 Å². The molecule has 1 aliphatic rings. The van der Waals surface area contributed by atoms with Gasteiger partial charge >= 0.3 is 0 Å². The Kier molecular flexibility index (Phi) is 2.95. The van der Waals surface area contributed by atoms with Crippen LogP contribution in [0.25, 0.3) is 0 Å². The molecule has 1 saturated heterocycles. The van der Waals surface area contributed by atoms with Gasteiger partial charge in [-0.1, -0.05) is 6.07 Å². The Morgan fingerprint density at radius 1 is 1.33 bits per heavy atom. The molecule has 1 N–H and O–H groups in total. The van der Waals surface area contributed by atoms with Crippen molar-refractivity contribution in [3.8, 4) is 0 Å². The Labute approximate surface area is 86.3 Å². The highest BCUT2D eigenvalue weighted by Gasteiger charge is 2.20. The smallest absolute Gasteiger partial charge is 0.266 e. The third kappa shape index (κ3) is 2.15. The molecule has 15 heavy (non-hydrogen) atoms. The van der Waals surface area contributed by atoms with Crippen LogP contribution >= 0.6 is 0 Å². The van der Waals surface area contributed by atoms with Gasteiger partial charge in [-0.3, -0.25) is 0 Å². The van der Waals surface area contributed by atoms with Crippen molar-refractivity contribution in [1.29, 1.82) is 0 Å². The molecule has 0 aliphatic carbocycles. The summed E-state index contributed by atoms with van der Waals surface area (Å²) in [4.78, 5) is 0. The Morgan fingerprint density at radius 2 is 2.13 bits per heavy atom. The highest BCUT2D eigenvalue weighted by molar-refractivity contribution is 5.28. The molecule has 82 valence electrons. The molecule has 1 atom stereocenters. The fourth-order valence-electron chi connectivity index (χ4n) is 1.92. The second-order valence-corrected chi connectivity index (χ2v) is 3.73. The minimum Gasteiger partial charge on any atom is -0.310 e. The van der Waals surface area contributed by atoms with Crippen molar-refractivity contribution >= 4 is 0 Å². The number of rotatable bonds is 2. The summed E-state index contributed by atoms with van der Waals surface area (Å²) < 4.78 is 37.9. The van der Waals surface area contributed by atoms with Crippen LogP contribution in [0, 0.1) is 5.82 Å².